The first-order valence-corrected chi connectivity index (χ1v) is 4.53. The van der Waals surface area contributed by atoms with E-state index < -0.39 is 0 Å². The summed E-state index contributed by atoms with van der Waals surface area (Å²) in [5.74, 6) is 0.480. The van der Waals surface area contributed by atoms with Crippen LogP contribution in [0.25, 0.3) is 17.0 Å². The monoisotopic (exact) mass is 197 g/mol. The van der Waals surface area contributed by atoms with Crippen molar-refractivity contribution in [1.82, 2.24) is 25.0 Å². The quantitative estimate of drug-likeness (QED) is 0.588. The van der Waals surface area contributed by atoms with E-state index in [2.05, 4.69) is 20.2 Å². The molecule has 5 nitrogen and oxygen atoms in total. The van der Waals surface area contributed by atoms with Crippen molar-refractivity contribution in [2.45, 2.75) is 0 Å². The molecule has 0 unspecified atom stereocenters. The highest BCUT2D eigenvalue weighted by molar-refractivity contribution is 5.73. The van der Waals surface area contributed by atoms with E-state index in [1.807, 2.05) is 24.3 Å². The highest BCUT2D eigenvalue weighted by atomic mass is 15.5. The Bertz CT molecular complexity index is 554. The Kier molecular flexibility index (Phi) is 1.68. The number of nitrogens with zero attached hydrogens (tertiary/aromatic N) is 5. The molecular weight excluding hydrogens is 190 g/mol. The molecule has 0 saturated carbocycles. The summed E-state index contributed by atoms with van der Waals surface area (Å²) in [6.45, 7) is 0. The first-order chi connectivity index (χ1) is 7.43. The van der Waals surface area contributed by atoms with Gasteiger partial charge in [0.05, 0.1) is 0 Å². The lowest BCUT2D eigenvalue weighted by Gasteiger charge is -1.93. The van der Waals surface area contributed by atoms with Gasteiger partial charge in [0.1, 0.15) is 11.0 Å². The SMILES string of the molecule is c1cnc(-n2nc3ccccc3n2)nc1. The van der Waals surface area contributed by atoms with E-state index in [0.29, 0.717) is 5.95 Å². The van der Waals surface area contributed by atoms with Crippen LogP contribution in [-0.4, -0.2) is 25.0 Å². The van der Waals surface area contributed by atoms with Crippen LogP contribution in [0.2, 0.25) is 0 Å². The average Bonchev–Trinajstić information content (AvgIpc) is 2.74. The number of fused-ring (bicyclic) bond motifs is 1. The number of hydrogen-bond donors (Lipinski definition) is 0. The molecule has 0 aliphatic rings. The van der Waals surface area contributed by atoms with Gasteiger partial charge in [0.2, 0.25) is 0 Å². The summed E-state index contributed by atoms with van der Waals surface area (Å²) in [6, 6.07) is 9.41. The Morgan fingerprint density at radius 3 is 2.00 bits per heavy atom. The predicted octanol–water partition coefficient (Wildman–Crippen LogP) is 1.21. The standard InChI is InChI=1S/C10H7N5/c1-2-5-9-8(4-1)13-15(14-9)10-11-6-3-7-12-10/h1-7H. The molecule has 2 heterocycles. The van der Waals surface area contributed by atoms with Crippen molar-refractivity contribution in [2.24, 2.45) is 0 Å². The van der Waals surface area contributed by atoms with E-state index in [4.69, 9.17) is 0 Å². The molecule has 3 aromatic rings. The lowest BCUT2D eigenvalue weighted by atomic mass is 10.3. The Balaban J connectivity index is 2.21. The normalized spacial score (nSPS) is 10.7. The number of hydrogen-bond acceptors (Lipinski definition) is 4. The molecule has 0 amide bonds. The highest BCUT2D eigenvalue weighted by Crippen LogP contribution is 2.08. The molecule has 2 aromatic heterocycles. The molecule has 72 valence electrons. The van der Waals surface area contributed by atoms with Crippen LogP contribution in [0.15, 0.2) is 42.7 Å². The van der Waals surface area contributed by atoms with Gasteiger partial charge >= 0.3 is 0 Å². The van der Waals surface area contributed by atoms with Crippen LogP contribution in [0.5, 0.6) is 0 Å². The number of benzene rings is 1. The lowest BCUT2D eigenvalue weighted by Crippen LogP contribution is -2.03. The zero-order valence-corrected chi connectivity index (χ0v) is 7.78. The van der Waals surface area contributed by atoms with Crippen LogP contribution in [0.3, 0.4) is 0 Å². The Hall–Kier alpha value is -2.30. The maximum atomic E-state index is 4.26. The van der Waals surface area contributed by atoms with E-state index in [-0.39, 0.29) is 0 Å². The van der Waals surface area contributed by atoms with E-state index in [0.717, 1.165) is 11.0 Å². The minimum absolute atomic E-state index is 0.480. The van der Waals surface area contributed by atoms with Crippen molar-refractivity contribution in [1.29, 1.82) is 0 Å². The van der Waals surface area contributed by atoms with Crippen molar-refractivity contribution in [3.8, 4) is 5.95 Å². The van der Waals surface area contributed by atoms with Crippen molar-refractivity contribution in [3.63, 3.8) is 0 Å². The molecule has 0 N–H and O–H groups in total. The van der Waals surface area contributed by atoms with Crippen molar-refractivity contribution in [2.75, 3.05) is 0 Å². The average molecular weight is 197 g/mol. The van der Waals surface area contributed by atoms with Crippen LogP contribution in [0, 0.1) is 0 Å². The summed E-state index contributed by atoms with van der Waals surface area (Å²) in [6.07, 6.45) is 3.33. The second-order valence-corrected chi connectivity index (χ2v) is 3.03. The van der Waals surface area contributed by atoms with E-state index in [9.17, 15) is 0 Å². The van der Waals surface area contributed by atoms with Gasteiger partial charge in [-0.3, -0.25) is 0 Å². The third kappa shape index (κ3) is 1.34. The molecule has 5 heteroatoms. The number of aromatic nitrogens is 5. The minimum atomic E-state index is 0.480. The molecule has 0 spiro atoms. The summed E-state index contributed by atoms with van der Waals surface area (Å²) >= 11 is 0. The summed E-state index contributed by atoms with van der Waals surface area (Å²) in [7, 11) is 0. The third-order valence-electron chi connectivity index (χ3n) is 2.02. The predicted molar refractivity (Wildman–Crippen MR) is 54.5 cm³/mol. The molecule has 0 radical (unpaired) electrons. The second-order valence-electron chi connectivity index (χ2n) is 3.03. The molecule has 0 fully saturated rings. The van der Waals surface area contributed by atoms with Crippen LogP contribution in [0.4, 0.5) is 0 Å². The zero-order chi connectivity index (χ0) is 10.1. The largest absolute Gasteiger partial charge is 0.268 e. The first kappa shape index (κ1) is 8.05. The molecule has 0 saturated heterocycles. The summed E-state index contributed by atoms with van der Waals surface area (Å²) in [5, 5.41) is 8.53. The molecule has 3 rings (SSSR count). The molecular formula is C10H7N5. The zero-order valence-electron chi connectivity index (χ0n) is 7.78. The topological polar surface area (TPSA) is 56.5 Å². The van der Waals surface area contributed by atoms with Gasteiger partial charge in [-0.25, -0.2) is 9.97 Å². The van der Waals surface area contributed by atoms with Gasteiger partial charge in [-0.05, 0) is 18.2 Å². The fourth-order valence-electron chi connectivity index (χ4n) is 1.34. The lowest BCUT2D eigenvalue weighted by molar-refractivity contribution is 0.714. The fraction of sp³-hybridized carbons (Fsp3) is 0. The second kappa shape index (κ2) is 3.13. The van der Waals surface area contributed by atoms with Crippen molar-refractivity contribution in [3.05, 3.63) is 42.7 Å². The van der Waals surface area contributed by atoms with Crippen LogP contribution >= 0.6 is 0 Å². The minimum Gasteiger partial charge on any atom is -0.218 e. The maximum absolute atomic E-state index is 4.26. The van der Waals surface area contributed by atoms with E-state index in [1.54, 1.807) is 18.5 Å². The smallest absolute Gasteiger partial charge is 0.218 e. The molecule has 0 aliphatic carbocycles. The molecule has 15 heavy (non-hydrogen) atoms. The van der Waals surface area contributed by atoms with Gasteiger partial charge in [0.25, 0.3) is 5.95 Å². The Morgan fingerprint density at radius 1 is 0.800 bits per heavy atom. The molecule has 0 bridgehead atoms. The Labute approximate surface area is 85.4 Å². The van der Waals surface area contributed by atoms with Crippen LogP contribution in [-0.2, 0) is 0 Å². The van der Waals surface area contributed by atoms with Crippen molar-refractivity contribution < 1.29 is 0 Å². The maximum Gasteiger partial charge on any atom is 0.268 e. The summed E-state index contributed by atoms with van der Waals surface area (Å²) < 4.78 is 0. The van der Waals surface area contributed by atoms with Crippen LogP contribution in [0.1, 0.15) is 0 Å². The van der Waals surface area contributed by atoms with E-state index >= 15 is 0 Å². The summed E-state index contributed by atoms with van der Waals surface area (Å²) in [4.78, 5) is 9.58. The van der Waals surface area contributed by atoms with Gasteiger partial charge in [0, 0.05) is 12.4 Å². The number of rotatable bonds is 1. The van der Waals surface area contributed by atoms with E-state index in [1.165, 1.54) is 4.80 Å². The van der Waals surface area contributed by atoms with Gasteiger partial charge in [-0.1, -0.05) is 12.1 Å². The van der Waals surface area contributed by atoms with Gasteiger partial charge in [0.15, 0.2) is 0 Å². The molecule has 0 atom stereocenters. The molecule has 0 aliphatic heterocycles. The Morgan fingerprint density at radius 2 is 1.40 bits per heavy atom. The fourth-order valence-corrected chi connectivity index (χ4v) is 1.34. The van der Waals surface area contributed by atoms with Crippen LogP contribution < -0.4 is 0 Å². The highest BCUT2D eigenvalue weighted by Gasteiger charge is 2.04. The third-order valence-corrected chi connectivity index (χ3v) is 2.02. The summed E-state index contributed by atoms with van der Waals surface area (Å²) in [5.41, 5.74) is 1.68. The molecule has 1 aromatic carbocycles. The first-order valence-electron chi connectivity index (χ1n) is 4.53. The van der Waals surface area contributed by atoms with Crippen molar-refractivity contribution >= 4 is 11.0 Å². The van der Waals surface area contributed by atoms with Gasteiger partial charge < -0.3 is 0 Å². The van der Waals surface area contributed by atoms with Gasteiger partial charge in [-0.2, -0.15) is 0 Å². The van der Waals surface area contributed by atoms with Gasteiger partial charge in [-0.15, -0.1) is 15.0 Å².